The molecule has 2 N–H and O–H groups in total. The minimum absolute atomic E-state index is 0.214. The molecule has 1 unspecified atom stereocenters. The highest BCUT2D eigenvalue weighted by molar-refractivity contribution is 5.82. The van der Waals surface area contributed by atoms with Gasteiger partial charge in [-0.15, -0.1) is 0 Å². The van der Waals surface area contributed by atoms with E-state index >= 15 is 0 Å². The first-order chi connectivity index (χ1) is 9.11. The molecule has 3 nitrogen and oxygen atoms in total. The number of rotatable bonds is 6. The van der Waals surface area contributed by atoms with Gasteiger partial charge >= 0.3 is 0 Å². The Labute approximate surface area is 115 Å². The van der Waals surface area contributed by atoms with E-state index in [1.807, 2.05) is 0 Å². The van der Waals surface area contributed by atoms with Gasteiger partial charge in [0.25, 0.3) is 0 Å². The molecular weight excluding hydrogens is 234 g/mol. The molecule has 1 atom stereocenters. The fourth-order valence-electron chi connectivity index (χ4n) is 2.49. The average molecular weight is 259 g/mol. The van der Waals surface area contributed by atoms with E-state index < -0.39 is 0 Å². The van der Waals surface area contributed by atoms with E-state index in [2.05, 4.69) is 49.7 Å². The maximum Gasteiger partial charge on any atom is 0.0718 e. The zero-order valence-corrected chi connectivity index (χ0v) is 12.3. The van der Waals surface area contributed by atoms with E-state index in [1.165, 1.54) is 17.3 Å². The molecule has 0 aliphatic rings. The molecule has 0 saturated carbocycles. The van der Waals surface area contributed by atoms with Crippen LogP contribution >= 0.6 is 0 Å². The monoisotopic (exact) mass is 259 g/mol. The normalized spacial score (nSPS) is 13.3. The van der Waals surface area contributed by atoms with Crippen LogP contribution in [0.25, 0.3) is 10.9 Å². The van der Waals surface area contributed by atoms with Crippen molar-refractivity contribution in [2.75, 3.05) is 0 Å². The largest absolute Gasteiger partial charge is 0.327 e. The Morgan fingerprint density at radius 2 is 1.95 bits per heavy atom. The van der Waals surface area contributed by atoms with Gasteiger partial charge in [-0.2, -0.15) is 5.10 Å². The van der Waals surface area contributed by atoms with Gasteiger partial charge in [-0.05, 0) is 31.7 Å². The van der Waals surface area contributed by atoms with Gasteiger partial charge in [-0.25, -0.2) is 0 Å². The van der Waals surface area contributed by atoms with Crippen LogP contribution in [0.3, 0.4) is 0 Å². The Balaban J connectivity index is 2.16. The molecule has 0 aliphatic heterocycles. The number of nitrogens with two attached hydrogens (primary N) is 1. The molecule has 0 spiro atoms. The van der Waals surface area contributed by atoms with Crippen LogP contribution in [-0.4, -0.2) is 15.8 Å². The van der Waals surface area contributed by atoms with Crippen molar-refractivity contribution in [2.24, 2.45) is 11.7 Å². The highest BCUT2D eigenvalue weighted by Crippen LogP contribution is 2.20. The van der Waals surface area contributed by atoms with Gasteiger partial charge in [0.15, 0.2) is 0 Å². The first-order valence-electron chi connectivity index (χ1n) is 7.31. The smallest absolute Gasteiger partial charge is 0.0718 e. The molecule has 1 aromatic carbocycles. The van der Waals surface area contributed by atoms with E-state index in [-0.39, 0.29) is 6.04 Å². The first-order valence-corrected chi connectivity index (χ1v) is 7.31. The summed E-state index contributed by atoms with van der Waals surface area (Å²) in [7, 11) is 0. The fourth-order valence-corrected chi connectivity index (χ4v) is 2.49. The van der Waals surface area contributed by atoms with Gasteiger partial charge in [0, 0.05) is 24.4 Å². The summed E-state index contributed by atoms with van der Waals surface area (Å²) in [6, 6.07) is 8.64. The van der Waals surface area contributed by atoms with Crippen LogP contribution in [0.5, 0.6) is 0 Å². The Hall–Kier alpha value is -1.35. The zero-order valence-electron chi connectivity index (χ0n) is 12.3. The van der Waals surface area contributed by atoms with E-state index in [1.54, 1.807) is 0 Å². The highest BCUT2D eigenvalue weighted by atomic mass is 15.3. The second kappa shape index (κ2) is 6.20. The minimum Gasteiger partial charge on any atom is -0.327 e. The Kier molecular flexibility index (Phi) is 4.59. The molecule has 2 rings (SSSR count). The molecule has 1 aromatic heterocycles. The van der Waals surface area contributed by atoms with Gasteiger partial charge < -0.3 is 5.73 Å². The number of aryl methyl sites for hydroxylation is 1. The molecule has 1 heterocycles. The zero-order chi connectivity index (χ0) is 13.8. The predicted octanol–water partition coefficient (Wildman–Crippen LogP) is 3.36. The van der Waals surface area contributed by atoms with E-state index in [0.29, 0.717) is 0 Å². The summed E-state index contributed by atoms with van der Waals surface area (Å²) in [5.74, 6) is 0.719. The van der Waals surface area contributed by atoms with Crippen molar-refractivity contribution in [2.45, 2.75) is 52.6 Å². The SMILES string of the molecule is CCn1nc(CC(N)CCC(C)C)c2ccccc21. The van der Waals surface area contributed by atoms with E-state index in [0.717, 1.165) is 31.0 Å². The van der Waals surface area contributed by atoms with Crippen molar-refractivity contribution < 1.29 is 0 Å². The average Bonchev–Trinajstić information content (AvgIpc) is 2.75. The second-order valence-corrected chi connectivity index (χ2v) is 5.72. The molecule has 0 amide bonds. The standard InChI is InChI=1S/C16H25N3/c1-4-19-16-8-6-5-7-14(16)15(18-19)11-13(17)10-9-12(2)3/h5-8,12-13H,4,9-11,17H2,1-3H3. The lowest BCUT2D eigenvalue weighted by atomic mass is 10.00. The third-order valence-corrected chi connectivity index (χ3v) is 3.60. The maximum absolute atomic E-state index is 6.25. The Morgan fingerprint density at radius 3 is 2.63 bits per heavy atom. The molecule has 3 heteroatoms. The summed E-state index contributed by atoms with van der Waals surface area (Å²) in [5, 5.41) is 5.97. The van der Waals surface area contributed by atoms with Crippen LogP contribution in [0, 0.1) is 5.92 Å². The van der Waals surface area contributed by atoms with E-state index in [9.17, 15) is 0 Å². The van der Waals surface area contributed by atoms with Gasteiger partial charge in [0.1, 0.15) is 0 Å². The molecule has 19 heavy (non-hydrogen) atoms. The third-order valence-electron chi connectivity index (χ3n) is 3.60. The predicted molar refractivity (Wildman–Crippen MR) is 81.2 cm³/mol. The first kappa shape index (κ1) is 14.1. The van der Waals surface area contributed by atoms with Crippen LogP contribution in [0.4, 0.5) is 0 Å². The number of hydrogen-bond donors (Lipinski definition) is 1. The van der Waals surface area contributed by atoms with Crippen LogP contribution in [0.15, 0.2) is 24.3 Å². The number of benzene rings is 1. The topological polar surface area (TPSA) is 43.8 Å². The lowest BCUT2D eigenvalue weighted by molar-refractivity contribution is 0.491. The fraction of sp³-hybridized carbons (Fsp3) is 0.562. The molecule has 2 aromatic rings. The number of fused-ring (bicyclic) bond motifs is 1. The van der Waals surface area contributed by atoms with Crippen molar-refractivity contribution in [3.8, 4) is 0 Å². The summed E-state index contributed by atoms with van der Waals surface area (Å²) < 4.78 is 2.07. The number of nitrogens with zero attached hydrogens (tertiary/aromatic N) is 2. The van der Waals surface area contributed by atoms with Crippen molar-refractivity contribution in [1.82, 2.24) is 9.78 Å². The lowest BCUT2D eigenvalue weighted by Crippen LogP contribution is -2.23. The number of aromatic nitrogens is 2. The molecule has 0 aliphatic carbocycles. The van der Waals surface area contributed by atoms with Crippen molar-refractivity contribution >= 4 is 10.9 Å². The lowest BCUT2D eigenvalue weighted by Gasteiger charge is -2.11. The minimum atomic E-state index is 0.214. The van der Waals surface area contributed by atoms with Crippen molar-refractivity contribution in [3.05, 3.63) is 30.0 Å². The molecule has 0 fully saturated rings. The maximum atomic E-state index is 6.25. The summed E-state index contributed by atoms with van der Waals surface area (Å²) >= 11 is 0. The quantitative estimate of drug-likeness (QED) is 0.864. The summed E-state index contributed by atoms with van der Waals surface area (Å²) in [6.07, 6.45) is 3.14. The summed E-state index contributed by atoms with van der Waals surface area (Å²) in [6.45, 7) is 7.52. The molecular formula is C16H25N3. The molecule has 0 radical (unpaired) electrons. The van der Waals surface area contributed by atoms with Crippen LogP contribution < -0.4 is 5.73 Å². The van der Waals surface area contributed by atoms with Gasteiger partial charge in [0.05, 0.1) is 11.2 Å². The van der Waals surface area contributed by atoms with Crippen LogP contribution in [0.1, 0.15) is 39.3 Å². The Morgan fingerprint density at radius 1 is 1.21 bits per heavy atom. The molecule has 0 saturated heterocycles. The second-order valence-electron chi connectivity index (χ2n) is 5.72. The molecule has 104 valence electrons. The Bertz CT molecular complexity index is 528. The highest BCUT2D eigenvalue weighted by Gasteiger charge is 2.13. The van der Waals surface area contributed by atoms with E-state index in [4.69, 9.17) is 10.8 Å². The van der Waals surface area contributed by atoms with Crippen molar-refractivity contribution in [3.63, 3.8) is 0 Å². The summed E-state index contributed by atoms with van der Waals surface area (Å²) in [5.41, 5.74) is 8.61. The third kappa shape index (κ3) is 3.35. The van der Waals surface area contributed by atoms with Crippen molar-refractivity contribution in [1.29, 1.82) is 0 Å². The van der Waals surface area contributed by atoms with Gasteiger partial charge in [0.2, 0.25) is 0 Å². The number of hydrogen-bond acceptors (Lipinski definition) is 2. The van der Waals surface area contributed by atoms with Crippen LogP contribution in [0.2, 0.25) is 0 Å². The molecule has 0 bridgehead atoms. The van der Waals surface area contributed by atoms with Crippen LogP contribution in [-0.2, 0) is 13.0 Å². The summed E-state index contributed by atoms with van der Waals surface area (Å²) in [4.78, 5) is 0. The van der Waals surface area contributed by atoms with Gasteiger partial charge in [-0.1, -0.05) is 32.0 Å². The number of para-hydroxylation sites is 1. The van der Waals surface area contributed by atoms with Gasteiger partial charge in [-0.3, -0.25) is 4.68 Å².